The number of carbonyl (C=O) groups excluding carboxylic acids is 1. The number of aliphatic imine (C=N–C) groups is 2. The highest BCUT2D eigenvalue weighted by atomic mass is 16.5. The second-order valence-electron chi connectivity index (χ2n) is 18.9. The quantitative estimate of drug-likeness (QED) is 0.0129. The summed E-state index contributed by atoms with van der Waals surface area (Å²) in [5.74, 6) is 2.83. The summed E-state index contributed by atoms with van der Waals surface area (Å²) in [5, 5.41) is 0. The summed E-state index contributed by atoms with van der Waals surface area (Å²) >= 11 is 0. The molecule has 10 nitrogen and oxygen atoms in total. The number of esters is 1. The van der Waals surface area contributed by atoms with Crippen LogP contribution in [0.3, 0.4) is 0 Å². The average molecular weight is 1020 g/mol. The first-order chi connectivity index (χ1) is 37.5. The molecule has 0 bridgehead atoms. The molecular weight excluding hydrogens is 945 g/mol. The van der Waals surface area contributed by atoms with Crippen molar-refractivity contribution in [1.82, 2.24) is 9.97 Å². The van der Waals surface area contributed by atoms with Crippen LogP contribution in [0.4, 0.5) is 11.4 Å². The molecule has 6 aromatic carbocycles. The summed E-state index contributed by atoms with van der Waals surface area (Å²) in [4.78, 5) is 31.5. The van der Waals surface area contributed by atoms with E-state index in [4.69, 9.17) is 43.6 Å². The SMILES string of the molecule is C=CCCCCCCOc1ccc(N=Cc2cccc(-c3nc4cc(COc5cccc(OCCCCCCCC)c5)ccc4nc3-c3cccc(C=Nc4ccc(OCCCCCCOC(=O)C=C)cc4)c3)c2)cc1. The number of fused-ring (bicyclic) bond motifs is 1. The Balaban J connectivity index is 1.05. The van der Waals surface area contributed by atoms with Crippen molar-refractivity contribution in [3.63, 3.8) is 0 Å². The summed E-state index contributed by atoms with van der Waals surface area (Å²) in [6.45, 7) is 12.3. The fourth-order valence-corrected chi connectivity index (χ4v) is 8.49. The molecular formula is C66H74N4O6. The Morgan fingerprint density at radius 2 is 0.987 bits per heavy atom. The highest BCUT2D eigenvalue weighted by Gasteiger charge is 2.15. The van der Waals surface area contributed by atoms with Crippen molar-refractivity contribution in [2.24, 2.45) is 9.98 Å². The normalized spacial score (nSPS) is 11.3. The van der Waals surface area contributed by atoms with Gasteiger partial charge in [-0.25, -0.2) is 14.8 Å². The monoisotopic (exact) mass is 1020 g/mol. The fourth-order valence-electron chi connectivity index (χ4n) is 8.49. The first kappa shape index (κ1) is 55.9. The summed E-state index contributed by atoms with van der Waals surface area (Å²) < 4.78 is 29.4. The number of carbonyl (C=O) groups is 1. The lowest BCUT2D eigenvalue weighted by atomic mass is 10.0. The van der Waals surface area contributed by atoms with Crippen LogP contribution in [0.15, 0.2) is 175 Å². The molecule has 0 amide bonds. The van der Waals surface area contributed by atoms with Gasteiger partial charge in [-0.15, -0.1) is 6.58 Å². The van der Waals surface area contributed by atoms with Crippen LogP contribution >= 0.6 is 0 Å². The zero-order chi connectivity index (χ0) is 52.8. The number of hydrogen-bond acceptors (Lipinski definition) is 10. The van der Waals surface area contributed by atoms with Gasteiger partial charge in [0.1, 0.15) is 29.6 Å². The van der Waals surface area contributed by atoms with Gasteiger partial charge in [0.15, 0.2) is 0 Å². The number of ether oxygens (including phenoxy) is 5. The van der Waals surface area contributed by atoms with Crippen LogP contribution in [0.25, 0.3) is 33.5 Å². The molecule has 76 heavy (non-hydrogen) atoms. The van der Waals surface area contributed by atoms with E-state index >= 15 is 0 Å². The molecule has 0 saturated heterocycles. The maximum absolute atomic E-state index is 11.2. The minimum Gasteiger partial charge on any atom is -0.494 e. The van der Waals surface area contributed by atoms with E-state index in [-0.39, 0.29) is 5.97 Å². The van der Waals surface area contributed by atoms with E-state index in [0.29, 0.717) is 33.0 Å². The molecule has 7 rings (SSSR count). The largest absolute Gasteiger partial charge is 0.494 e. The highest BCUT2D eigenvalue weighted by molar-refractivity contribution is 5.91. The van der Waals surface area contributed by atoms with Gasteiger partial charge in [-0.2, -0.15) is 0 Å². The standard InChI is InChI=1S/C66H74N4O6/c1-4-7-9-11-13-17-40-72-58-35-31-57(32-36-58)68-49-52-25-22-27-55(45-52)66-65(54-26-21-24-51(44-54)48-67-56-33-37-59(38-34-56)73-41-19-15-16-20-43-75-64(71)6-3)69-62-39-30-53(46-63(62)70-66)50-76-61-29-23-28-60(47-61)74-42-18-14-12-10-8-5-2/h4,6,21-39,44-49H,1,3,5,7-20,40-43,50H2,2H3. The number of nitrogens with zero attached hydrogens (tertiary/aromatic N) is 4. The molecule has 0 aliphatic rings. The van der Waals surface area contributed by atoms with Gasteiger partial charge in [-0.1, -0.05) is 113 Å². The molecule has 1 aromatic heterocycles. The van der Waals surface area contributed by atoms with Gasteiger partial charge in [0.2, 0.25) is 0 Å². The van der Waals surface area contributed by atoms with Gasteiger partial charge in [0.05, 0.1) is 60.2 Å². The summed E-state index contributed by atoms with van der Waals surface area (Å²) in [7, 11) is 0. The number of unbranched alkanes of at least 4 members (excludes halogenated alkanes) is 12. The van der Waals surface area contributed by atoms with Crippen molar-refractivity contribution in [3.05, 3.63) is 182 Å². The van der Waals surface area contributed by atoms with Gasteiger partial charge in [0, 0.05) is 35.7 Å². The third-order valence-corrected chi connectivity index (χ3v) is 12.7. The van der Waals surface area contributed by atoms with Crippen LogP contribution in [-0.2, 0) is 16.1 Å². The molecule has 394 valence electrons. The van der Waals surface area contributed by atoms with Gasteiger partial charge in [-0.05, 0) is 153 Å². The molecule has 0 aliphatic carbocycles. The number of benzene rings is 6. The first-order valence-corrected chi connectivity index (χ1v) is 27.3. The summed E-state index contributed by atoms with van der Waals surface area (Å²) in [5.41, 5.74) is 9.34. The Hall–Kier alpha value is -7.85. The van der Waals surface area contributed by atoms with Gasteiger partial charge in [-0.3, -0.25) is 9.98 Å². The van der Waals surface area contributed by atoms with E-state index in [9.17, 15) is 4.79 Å². The second kappa shape index (κ2) is 31.8. The van der Waals surface area contributed by atoms with E-state index in [1.807, 2.05) is 122 Å². The van der Waals surface area contributed by atoms with Crippen molar-refractivity contribution in [1.29, 1.82) is 0 Å². The van der Waals surface area contributed by atoms with Gasteiger partial charge < -0.3 is 23.7 Å². The van der Waals surface area contributed by atoms with E-state index in [0.717, 1.165) is 136 Å². The summed E-state index contributed by atoms with van der Waals surface area (Å²) in [6, 6.07) is 46.2. The fraction of sp³-hybridized carbons (Fsp3) is 0.318. The Labute approximate surface area is 450 Å². The number of hydrogen-bond donors (Lipinski definition) is 0. The minimum absolute atomic E-state index is 0.363. The van der Waals surface area contributed by atoms with Crippen LogP contribution in [0, 0.1) is 0 Å². The van der Waals surface area contributed by atoms with E-state index < -0.39 is 0 Å². The molecule has 0 radical (unpaired) electrons. The molecule has 10 heteroatoms. The molecule has 0 saturated carbocycles. The number of rotatable bonds is 34. The van der Waals surface area contributed by atoms with Crippen molar-refractivity contribution < 1.29 is 28.5 Å². The third kappa shape index (κ3) is 19.1. The van der Waals surface area contributed by atoms with E-state index in [2.05, 4.69) is 56.5 Å². The maximum Gasteiger partial charge on any atom is 0.330 e. The van der Waals surface area contributed by atoms with Crippen LogP contribution in [-0.4, -0.2) is 54.8 Å². The van der Waals surface area contributed by atoms with Crippen molar-refractivity contribution >= 4 is 40.8 Å². The smallest absolute Gasteiger partial charge is 0.330 e. The van der Waals surface area contributed by atoms with Gasteiger partial charge in [0.25, 0.3) is 0 Å². The number of allylic oxidation sites excluding steroid dienone is 1. The second-order valence-corrected chi connectivity index (χ2v) is 18.9. The summed E-state index contributed by atoms with van der Waals surface area (Å²) in [6.07, 6.45) is 23.6. The Kier molecular flexibility index (Phi) is 23.4. The molecule has 0 atom stereocenters. The lowest BCUT2D eigenvalue weighted by Crippen LogP contribution is -2.02. The zero-order valence-electron chi connectivity index (χ0n) is 44.4. The lowest BCUT2D eigenvalue weighted by molar-refractivity contribution is -0.137. The predicted octanol–water partition coefficient (Wildman–Crippen LogP) is 17.0. The van der Waals surface area contributed by atoms with Crippen LogP contribution in [0.1, 0.15) is 120 Å². The van der Waals surface area contributed by atoms with Crippen molar-refractivity contribution in [2.45, 2.75) is 110 Å². The topological polar surface area (TPSA) is 114 Å². The van der Waals surface area contributed by atoms with Crippen LogP contribution in [0.2, 0.25) is 0 Å². The van der Waals surface area contributed by atoms with E-state index in [1.165, 1.54) is 51.0 Å². The molecule has 0 spiro atoms. The van der Waals surface area contributed by atoms with Crippen LogP contribution < -0.4 is 18.9 Å². The van der Waals surface area contributed by atoms with Gasteiger partial charge >= 0.3 is 5.97 Å². The van der Waals surface area contributed by atoms with E-state index in [1.54, 1.807) is 0 Å². The third-order valence-electron chi connectivity index (χ3n) is 12.7. The Morgan fingerprint density at radius 1 is 0.487 bits per heavy atom. The molecule has 0 unspecified atom stereocenters. The molecule has 0 N–H and O–H groups in total. The first-order valence-electron chi connectivity index (χ1n) is 27.3. The Morgan fingerprint density at radius 3 is 1.55 bits per heavy atom. The van der Waals surface area contributed by atoms with Crippen LogP contribution in [0.5, 0.6) is 23.0 Å². The van der Waals surface area contributed by atoms with Crippen molar-refractivity contribution in [3.8, 4) is 45.5 Å². The Bertz CT molecular complexity index is 2950. The minimum atomic E-state index is -0.379. The lowest BCUT2D eigenvalue weighted by Gasteiger charge is -2.13. The zero-order valence-corrected chi connectivity index (χ0v) is 44.4. The van der Waals surface area contributed by atoms with Crippen molar-refractivity contribution in [2.75, 3.05) is 26.4 Å². The average Bonchev–Trinajstić information content (AvgIpc) is 3.48. The predicted molar refractivity (Wildman–Crippen MR) is 311 cm³/mol. The number of aromatic nitrogens is 2. The molecule has 0 fully saturated rings. The highest BCUT2D eigenvalue weighted by Crippen LogP contribution is 2.33. The molecule has 0 aliphatic heterocycles. The maximum atomic E-state index is 11.2. The molecule has 1 heterocycles. The molecule has 7 aromatic rings.